The molecule has 2 heterocycles. The Kier molecular flexibility index (Phi) is 6.13. The van der Waals surface area contributed by atoms with Crippen molar-refractivity contribution in [1.82, 2.24) is 10.3 Å². The van der Waals surface area contributed by atoms with Crippen LogP contribution in [0.4, 0.5) is 0 Å². The SMILES string of the molecule is Cl.O=C(O)c1cccnc1C(Cc1ccccc1)C1CCNC1. The lowest BCUT2D eigenvalue weighted by Crippen LogP contribution is -2.22. The van der Waals surface area contributed by atoms with Crippen LogP contribution in [-0.2, 0) is 6.42 Å². The van der Waals surface area contributed by atoms with E-state index in [9.17, 15) is 9.90 Å². The van der Waals surface area contributed by atoms with Crippen LogP contribution in [0.15, 0.2) is 48.7 Å². The predicted molar refractivity (Wildman–Crippen MR) is 92.3 cm³/mol. The zero-order chi connectivity index (χ0) is 15.4. The topological polar surface area (TPSA) is 62.2 Å². The first kappa shape index (κ1) is 17.4. The van der Waals surface area contributed by atoms with E-state index in [2.05, 4.69) is 22.4 Å². The van der Waals surface area contributed by atoms with Crippen molar-refractivity contribution in [2.45, 2.75) is 18.8 Å². The number of carbonyl (C=O) groups is 1. The molecule has 2 N–H and O–H groups in total. The number of carboxylic acids is 1. The highest BCUT2D eigenvalue weighted by atomic mass is 35.5. The average Bonchev–Trinajstić information content (AvgIpc) is 3.08. The molecule has 3 rings (SSSR count). The van der Waals surface area contributed by atoms with Crippen LogP contribution in [0, 0.1) is 5.92 Å². The van der Waals surface area contributed by atoms with Gasteiger partial charge in [0.2, 0.25) is 0 Å². The Balaban J connectivity index is 0.00000192. The lowest BCUT2D eigenvalue weighted by atomic mass is 9.82. The van der Waals surface area contributed by atoms with Crippen LogP contribution in [0.2, 0.25) is 0 Å². The Morgan fingerprint density at radius 3 is 2.70 bits per heavy atom. The molecular weight excluding hydrogens is 312 g/mol. The number of nitrogens with zero attached hydrogens (tertiary/aromatic N) is 1. The second kappa shape index (κ2) is 8.09. The fourth-order valence-corrected chi connectivity index (χ4v) is 3.27. The van der Waals surface area contributed by atoms with Crippen LogP contribution in [0.25, 0.3) is 0 Å². The Morgan fingerprint density at radius 1 is 1.26 bits per heavy atom. The van der Waals surface area contributed by atoms with Crippen molar-refractivity contribution in [3.8, 4) is 0 Å². The zero-order valence-electron chi connectivity index (χ0n) is 12.8. The zero-order valence-corrected chi connectivity index (χ0v) is 13.6. The number of hydrogen-bond acceptors (Lipinski definition) is 3. The average molecular weight is 333 g/mol. The van der Waals surface area contributed by atoms with Gasteiger partial charge in [0, 0.05) is 12.1 Å². The number of rotatable bonds is 5. The number of nitrogens with one attached hydrogen (secondary N) is 1. The van der Waals surface area contributed by atoms with Crippen molar-refractivity contribution in [3.05, 3.63) is 65.5 Å². The maximum absolute atomic E-state index is 11.5. The molecule has 0 bridgehead atoms. The highest BCUT2D eigenvalue weighted by molar-refractivity contribution is 5.89. The maximum atomic E-state index is 11.5. The summed E-state index contributed by atoms with van der Waals surface area (Å²) in [4.78, 5) is 16.0. The van der Waals surface area contributed by atoms with E-state index in [-0.39, 0.29) is 18.3 Å². The van der Waals surface area contributed by atoms with E-state index in [1.54, 1.807) is 18.3 Å². The monoisotopic (exact) mass is 332 g/mol. The van der Waals surface area contributed by atoms with Gasteiger partial charge in [-0.05, 0) is 49.5 Å². The van der Waals surface area contributed by atoms with E-state index >= 15 is 0 Å². The third-order valence-corrected chi connectivity index (χ3v) is 4.39. The number of carboxylic acid groups (broad SMARTS) is 1. The second-order valence-corrected chi connectivity index (χ2v) is 5.79. The summed E-state index contributed by atoms with van der Waals surface area (Å²) in [6, 6.07) is 13.6. The van der Waals surface area contributed by atoms with Crippen molar-refractivity contribution in [2.75, 3.05) is 13.1 Å². The highest BCUT2D eigenvalue weighted by Gasteiger charge is 2.30. The molecule has 1 saturated heterocycles. The number of halogens is 1. The first-order valence-corrected chi connectivity index (χ1v) is 7.68. The van der Waals surface area contributed by atoms with Crippen LogP contribution in [0.5, 0.6) is 0 Å². The Labute approximate surface area is 142 Å². The Morgan fingerprint density at radius 2 is 2.04 bits per heavy atom. The lowest BCUT2D eigenvalue weighted by molar-refractivity contribution is 0.0694. The number of aromatic nitrogens is 1. The van der Waals surface area contributed by atoms with E-state index in [1.165, 1.54) is 5.56 Å². The molecule has 1 fully saturated rings. The first-order valence-electron chi connectivity index (χ1n) is 7.68. The van der Waals surface area contributed by atoms with Crippen molar-refractivity contribution in [3.63, 3.8) is 0 Å². The van der Waals surface area contributed by atoms with Gasteiger partial charge >= 0.3 is 5.97 Å². The van der Waals surface area contributed by atoms with E-state index in [0.29, 0.717) is 17.2 Å². The lowest BCUT2D eigenvalue weighted by Gasteiger charge is -2.24. The summed E-state index contributed by atoms with van der Waals surface area (Å²) in [5.41, 5.74) is 2.27. The van der Waals surface area contributed by atoms with E-state index in [0.717, 1.165) is 25.9 Å². The van der Waals surface area contributed by atoms with Crippen LogP contribution in [-0.4, -0.2) is 29.1 Å². The minimum Gasteiger partial charge on any atom is -0.478 e. The minimum absolute atomic E-state index is 0. The third-order valence-electron chi connectivity index (χ3n) is 4.39. The number of benzene rings is 1. The molecule has 122 valence electrons. The molecule has 0 amide bonds. The number of pyridine rings is 1. The van der Waals surface area contributed by atoms with Crippen molar-refractivity contribution in [1.29, 1.82) is 0 Å². The molecule has 1 aliphatic heterocycles. The number of hydrogen-bond donors (Lipinski definition) is 2. The molecule has 0 radical (unpaired) electrons. The molecule has 4 nitrogen and oxygen atoms in total. The summed E-state index contributed by atoms with van der Waals surface area (Å²) in [5.74, 6) is -0.343. The predicted octanol–water partition coefficient (Wildman–Crippen LogP) is 3.14. The van der Waals surface area contributed by atoms with Gasteiger partial charge in [0.15, 0.2) is 0 Å². The van der Waals surface area contributed by atoms with E-state index in [4.69, 9.17) is 0 Å². The van der Waals surface area contributed by atoms with Gasteiger partial charge in [-0.15, -0.1) is 12.4 Å². The van der Waals surface area contributed by atoms with Gasteiger partial charge in [-0.25, -0.2) is 4.79 Å². The summed E-state index contributed by atoms with van der Waals surface area (Å²) in [5, 5.41) is 12.8. The standard InChI is InChI=1S/C18H20N2O2.ClH/c21-18(22)15-7-4-9-20-17(15)16(14-8-10-19-12-14)11-13-5-2-1-3-6-13;/h1-7,9,14,16,19H,8,10-12H2,(H,21,22);1H. The molecule has 0 spiro atoms. The quantitative estimate of drug-likeness (QED) is 0.883. The van der Waals surface area contributed by atoms with Crippen LogP contribution < -0.4 is 5.32 Å². The van der Waals surface area contributed by atoms with Crippen molar-refractivity contribution < 1.29 is 9.90 Å². The molecule has 0 saturated carbocycles. The van der Waals surface area contributed by atoms with Gasteiger partial charge in [-0.3, -0.25) is 4.98 Å². The largest absolute Gasteiger partial charge is 0.478 e. The molecule has 23 heavy (non-hydrogen) atoms. The first-order chi connectivity index (χ1) is 10.8. The van der Waals surface area contributed by atoms with Gasteiger partial charge in [-0.1, -0.05) is 30.3 Å². The van der Waals surface area contributed by atoms with Crippen molar-refractivity contribution >= 4 is 18.4 Å². The molecule has 2 atom stereocenters. The maximum Gasteiger partial charge on any atom is 0.337 e. The van der Waals surface area contributed by atoms with Gasteiger partial charge in [0.05, 0.1) is 11.3 Å². The summed E-state index contributed by atoms with van der Waals surface area (Å²) in [6.45, 7) is 1.92. The minimum atomic E-state index is -0.896. The fourth-order valence-electron chi connectivity index (χ4n) is 3.27. The Hall–Kier alpha value is -1.91. The Bertz CT molecular complexity index is 642. The van der Waals surface area contributed by atoms with Gasteiger partial charge in [0.25, 0.3) is 0 Å². The van der Waals surface area contributed by atoms with Crippen LogP contribution in [0.3, 0.4) is 0 Å². The van der Waals surface area contributed by atoms with Gasteiger partial charge < -0.3 is 10.4 Å². The normalized spacial score (nSPS) is 18.2. The third kappa shape index (κ3) is 4.09. The summed E-state index contributed by atoms with van der Waals surface area (Å²) < 4.78 is 0. The smallest absolute Gasteiger partial charge is 0.337 e. The molecular formula is C18H21ClN2O2. The fraction of sp³-hybridized carbons (Fsp3) is 0.333. The highest BCUT2D eigenvalue weighted by Crippen LogP contribution is 2.33. The van der Waals surface area contributed by atoms with Crippen LogP contribution in [0.1, 0.15) is 34.0 Å². The molecule has 2 unspecified atom stereocenters. The van der Waals surface area contributed by atoms with E-state index < -0.39 is 5.97 Å². The molecule has 1 aromatic carbocycles. The second-order valence-electron chi connectivity index (χ2n) is 5.79. The van der Waals surface area contributed by atoms with Gasteiger partial charge in [0.1, 0.15) is 0 Å². The molecule has 0 aliphatic carbocycles. The molecule has 1 aromatic heterocycles. The van der Waals surface area contributed by atoms with E-state index in [1.807, 2.05) is 18.2 Å². The van der Waals surface area contributed by atoms with Crippen molar-refractivity contribution in [2.24, 2.45) is 5.92 Å². The van der Waals surface area contributed by atoms with Crippen LogP contribution >= 0.6 is 12.4 Å². The summed E-state index contributed by atoms with van der Waals surface area (Å²) in [6.07, 6.45) is 3.58. The molecule has 5 heteroatoms. The molecule has 1 aliphatic rings. The number of aromatic carboxylic acids is 1. The van der Waals surface area contributed by atoms with Gasteiger partial charge in [-0.2, -0.15) is 0 Å². The molecule has 2 aromatic rings. The summed E-state index contributed by atoms with van der Waals surface area (Å²) in [7, 11) is 0. The summed E-state index contributed by atoms with van der Waals surface area (Å²) >= 11 is 0.